The van der Waals surface area contributed by atoms with Crippen molar-refractivity contribution in [3.05, 3.63) is 30.1 Å². The fraction of sp³-hybridized carbons (Fsp3) is 0.333. The number of rotatable bonds is 0. The first kappa shape index (κ1) is 5.78. The maximum atomic E-state index is 2.31. The van der Waals surface area contributed by atoms with Gasteiger partial charge in [-0.25, -0.2) is 0 Å². The molecule has 1 aliphatic heterocycles. The van der Waals surface area contributed by atoms with Gasteiger partial charge in [-0.2, -0.15) is 0 Å². The van der Waals surface area contributed by atoms with E-state index >= 15 is 0 Å². The van der Waals surface area contributed by atoms with Gasteiger partial charge in [0, 0.05) is 17.9 Å². The van der Waals surface area contributed by atoms with E-state index < -0.39 is 0 Å². The van der Waals surface area contributed by atoms with Gasteiger partial charge in [0.05, 0.1) is 0 Å². The third kappa shape index (κ3) is 0.703. The Morgan fingerprint density at radius 3 is 3.30 bits per heavy atom. The minimum atomic E-state index is 0.648. The Balaban J connectivity index is 2.52. The van der Waals surface area contributed by atoms with Crippen molar-refractivity contribution in [1.82, 2.24) is 4.57 Å². The first-order valence-electron chi connectivity index (χ1n) is 3.71. The Labute approximate surface area is 61.0 Å². The van der Waals surface area contributed by atoms with Crippen LogP contribution in [0.1, 0.15) is 25.1 Å². The van der Waals surface area contributed by atoms with Crippen LogP contribution in [0, 0.1) is 0 Å². The number of fused-ring (bicyclic) bond motifs is 1. The standard InChI is InChI=1S/C9H11N/c1-8-4-2-5-9-6-3-7-10(8)9/h2-3,5-8H,4H2,1H3. The van der Waals surface area contributed by atoms with Gasteiger partial charge in [-0.05, 0) is 31.6 Å². The molecule has 52 valence electrons. The predicted molar refractivity (Wildman–Crippen MR) is 42.8 cm³/mol. The maximum Gasteiger partial charge on any atom is 0.0406 e. The lowest BCUT2D eigenvalue weighted by Crippen LogP contribution is -2.07. The lowest BCUT2D eigenvalue weighted by atomic mass is 10.1. The highest BCUT2D eigenvalue weighted by atomic mass is 15.0. The lowest BCUT2D eigenvalue weighted by molar-refractivity contribution is 0.546. The molecule has 0 spiro atoms. The van der Waals surface area contributed by atoms with Crippen LogP contribution in [0.2, 0.25) is 0 Å². The minimum Gasteiger partial charge on any atom is -0.345 e. The van der Waals surface area contributed by atoms with Crippen LogP contribution < -0.4 is 0 Å². The van der Waals surface area contributed by atoms with E-state index in [0.717, 1.165) is 0 Å². The van der Waals surface area contributed by atoms with Crippen molar-refractivity contribution >= 4 is 6.08 Å². The molecule has 0 radical (unpaired) electrons. The molecule has 1 aromatic rings. The highest BCUT2D eigenvalue weighted by Crippen LogP contribution is 2.21. The molecule has 0 aliphatic carbocycles. The molecule has 0 amide bonds. The van der Waals surface area contributed by atoms with Gasteiger partial charge in [0.2, 0.25) is 0 Å². The summed E-state index contributed by atoms with van der Waals surface area (Å²) in [7, 11) is 0. The summed E-state index contributed by atoms with van der Waals surface area (Å²) in [5, 5.41) is 0. The summed E-state index contributed by atoms with van der Waals surface area (Å²) >= 11 is 0. The van der Waals surface area contributed by atoms with Crippen LogP contribution >= 0.6 is 0 Å². The van der Waals surface area contributed by atoms with Gasteiger partial charge < -0.3 is 4.57 Å². The molecule has 0 fully saturated rings. The van der Waals surface area contributed by atoms with E-state index in [9.17, 15) is 0 Å². The highest BCUT2D eigenvalue weighted by Gasteiger charge is 2.08. The minimum absolute atomic E-state index is 0.648. The second kappa shape index (κ2) is 2.01. The molecule has 1 unspecified atom stereocenters. The maximum absolute atomic E-state index is 2.31. The van der Waals surface area contributed by atoms with Gasteiger partial charge in [0.15, 0.2) is 0 Å². The summed E-state index contributed by atoms with van der Waals surface area (Å²) in [6.45, 7) is 2.24. The van der Waals surface area contributed by atoms with E-state index in [2.05, 4.69) is 42.0 Å². The highest BCUT2D eigenvalue weighted by molar-refractivity contribution is 5.47. The van der Waals surface area contributed by atoms with E-state index in [1.807, 2.05) is 0 Å². The van der Waals surface area contributed by atoms with Crippen LogP contribution in [0.25, 0.3) is 6.08 Å². The molecule has 2 rings (SSSR count). The van der Waals surface area contributed by atoms with Crippen molar-refractivity contribution in [2.24, 2.45) is 0 Å². The van der Waals surface area contributed by atoms with Gasteiger partial charge in [-0.15, -0.1) is 0 Å². The van der Waals surface area contributed by atoms with Crippen molar-refractivity contribution in [3.8, 4) is 0 Å². The molecule has 0 N–H and O–H groups in total. The average Bonchev–Trinajstić information content (AvgIpc) is 2.36. The summed E-state index contributed by atoms with van der Waals surface area (Å²) in [6, 6.07) is 4.89. The Hall–Kier alpha value is -0.980. The lowest BCUT2D eigenvalue weighted by Gasteiger charge is -2.17. The zero-order valence-electron chi connectivity index (χ0n) is 6.12. The molecular weight excluding hydrogens is 122 g/mol. The Morgan fingerprint density at radius 1 is 1.60 bits per heavy atom. The first-order valence-corrected chi connectivity index (χ1v) is 3.71. The summed E-state index contributed by atoms with van der Waals surface area (Å²) < 4.78 is 2.31. The molecule has 0 bridgehead atoms. The van der Waals surface area contributed by atoms with Gasteiger partial charge >= 0.3 is 0 Å². The van der Waals surface area contributed by atoms with E-state index in [4.69, 9.17) is 0 Å². The van der Waals surface area contributed by atoms with Crippen molar-refractivity contribution in [3.63, 3.8) is 0 Å². The van der Waals surface area contributed by atoms with Crippen molar-refractivity contribution in [1.29, 1.82) is 0 Å². The molecule has 0 saturated carbocycles. The quantitative estimate of drug-likeness (QED) is 0.512. The van der Waals surface area contributed by atoms with Crippen LogP contribution in [-0.2, 0) is 0 Å². The summed E-state index contributed by atoms with van der Waals surface area (Å²) in [5.41, 5.74) is 1.33. The van der Waals surface area contributed by atoms with E-state index in [0.29, 0.717) is 6.04 Å². The van der Waals surface area contributed by atoms with Crippen molar-refractivity contribution in [2.75, 3.05) is 0 Å². The molecule has 1 aliphatic rings. The Bertz CT molecular complexity index is 257. The van der Waals surface area contributed by atoms with E-state index in [-0.39, 0.29) is 0 Å². The number of aromatic nitrogens is 1. The van der Waals surface area contributed by atoms with Gasteiger partial charge in [0.1, 0.15) is 0 Å². The zero-order valence-corrected chi connectivity index (χ0v) is 6.12. The van der Waals surface area contributed by atoms with Gasteiger partial charge in [-0.3, -0.25) is 0 Å². The zero-order chi connectivity index (χ0) is 6.97. The number of hydrogen-bond acceptors (Lipinski definition) is 0. The monoisotopic (exact) mass is 133 g/mol. The van der Waals surface area contributed by atoms with Crippen LogP contribution in [0.15, 0.2) is 24.4 Å². The second-order valence-corrected chi connectivity index (χ2v) is 2.83. The number of nitrogens with zero attached hydrogens (tertiary/aromatic N) is 1. The SMILES string of the molecule is CC1CC=Cc2cccn21. The third-order valence-corrected chi connectivity index (χ3v) is 2.05. The van der Waals surface area contributed by atoms with Crippen LogP contribution in [0.3, 0.4) is 0 Å². The van der Waals surface area contributed by atoms with Crippen LogP contribution in [0.4, 0.5) is 0 Å². The predicted octanol–water partition coefficient (Wildman–Crippen LogP) is 2.47. The Morgan fingerprint density at radius 2 is 2.50 bits per heavy atom. The van der Waals surface area contributed by atoms with Crippen molar-refractivity contribution < 1.29 is 0 Å². The fourth-order valence-corrected chi connectivity index (χ4v) is 1.45. The molecule has 0 saturated heterocycles. The number of hydrogen-bond donors (Lipinski definition) is 0. The molecule has 10 heavy (non-hydrogen) atoms. The van der Waals surface area contributed by atoms with E-state index in [1.54, 1.807) is 0 Å². The molecule has 1 atom stereocenters. The van der Waals surface area contributed by atoms with E-state index in [1.165, 1.54) is 12.1 Å². The molecule has 1 nitrogen and oxygen atoms in total. The van der Waals surface area contributed by atoms with Crippen LogP contribution in [0.5, 0.6) is 0 Å². The summed E-state index contributed by atoms with van der Waals surface area (Å²) in [4.78, 5) is 0. The van der Waals surface area contributed by atoms with Gasteiger partial charge in [-0.1, -0.05) is 6.08 Å². The Kier molecular flexibility index (Phi) is 1.16. The molecule has 0 aromatic carbocycles. The summed E-state index contributed by atoms with van der Waals surface area (Å²) in [5.74, 6) is 0. The molecule has 1 heteroatoms. The third-order valence-electron chi connectivity index (χ3n) is 2.05. The van der Waals surface area contributed by atoms with Crippen LogP contribution in [-0.4, -0.2) is 4.57 Å². The molecule has 1 aromatic heterocycles. The first-order chi connectivity index (χ1) is 4.88. The smallest absolute Gasteiger partial charge is 0.0406 e. The summed E-state index contributed by atoms with van der Waals surface area (Å²) in [6.07, 6.45) is 7.73. The topological polar surface area (TPSA) is 4.93 Å². The van der Waals surface area contributed by atoms with Gasteiger partial charge in [0.25, 0.3) is 0 Å². The fourth-order valence-electron chi connectivity index (χ4n) is 1.45. The normalized spacial score (nSPS) is 22.7. The largest absolute Gasteiger partial charge is 0.345 e. The number of allylic oxidation sites excluding steroid dienone is 1. The van der Waals surface area contributed by atoms with Crippen molar-refractivity contribution in [2.45, 2.75) is 19.4 Å². The average molecular weight is 133 g/mol. The molecular formula is C9H11N. The second-order valence-electron chi connectivity index (χ2n) is 2.83. The molecule has 2 heterocycles.